The van der Waals surface area contributed by atoms with Crippen LogP contribution in [0, 0.1) is 5.41 Å². The highest BCUT2D eigenvalue weighted by atomic mass is 32.2. The van der Waals surface area contributed by atoms with Crippen molar-refractivity contribution in [1.82, 2.24) is 0 Å². The van der Waals surface area contributed by atoms with E-state index < -0.39 is 10.1 Å². The van der Waals surface area contributed by atoms with Crippen molar-refractivity contribution < 1.29 is 17.3 Å². The number of hydrogen-bond donors (Lipinski definition) is 0. The summed E-state index contributed by atoms with van der Waals surface area (Å²) in [6.45, 7) is 0.330. The van der Waals surface area contributed by atoms with Crippen LogP contribution in [-0.2, 0) is 19.0 Å². The first-order valence-corrected chi connectivity index (χ1v) is 6.10. The Kier molecular flexibility index (Phi) is 1.78. The smallest absolute Gasteiger partial charge is 0.264 e. The van der Waals surface area contributed by atoms with Gasteiger partial charge in [0.25, 0.3) is 10.1 Å². The van der Waals surface area contributed by atoms with E-state index in [4.69, 9.17) is 8.92 Å². The number of hydrogen-bond acceptors (Lipinski definition) is 4. The summed E-state index contributed by atoms with van der Waals surface area (Å²) in [6.07, 6.45) is 3.94. The maximum Gasteiger partial charge on any atom is 0.264 e. The highest BCUT2D eigenvalue weighted by Gasteiger charge is 2.68. The second kappa shape index (κ2) is 2.46. The van der Waals surface area contributed by atoms with Crippen LogP contribution in [0.25, 0.3) is 0 Å². The lowest BCUT2D eigenvalue weighted by Gasteiger charge is -2.69. The molecule has 0 aromatic rings. The molecule has 5 heteroatoms. The van der Waals surface area contributed by atoms with Crippen molar-refractivity contribution in [2.24, 2.45) is 5.41 Å². The zero-order valence-electron chi connectivity index (χ0n) is 7.87. The van der Waals surface area contributed by atoms with Crippen molar-refractivity contribution in [3.05, 3.63) is 0 Å². The van der Waals surface area contributed by atoms with E-state index in [1.54, 1.807) is 7.11 Å². The Labute approximate surface area is 78.3 Å². The summed E-state index contributed by atoms with van der Waals surface area (Å²) in [5.41, 5.74) is 0.181. The maximum atomic E-state index is 10.7. The number of methoxy groups -OCH3 is 1. The van der Waals surface area contributed by atoms with Gasteiger partial charge < -0.3 is 4.74 Å². The molecule has 0 heterocycles. The largest absolute Gasteiger partial charge is 0.378 e. The van der Waals surface area contributed by atoms with Crippen LogP contribution in [0.15, 0.2) is 0 Å². The van der Waals surface area contributed by atoms with E-state index in [1.807, 2.05) is 0 Å². The average Bonchev–Trinajstić information content (AvgIpc) is 1.79. The van der Waals surface area contributed by atoms with Gasteiger partial charge in [0.1, 0.15) is 0 Å². The Balaban J connectivity index is 1.82. The minimum Gasteiger partial charge on any atom is -0.378 e. The monoisotopic (exact) mass is 206 g/mol. The zero-order chi connectivity index (χ0) is 9.74. The van der Waals surface area contributed by atoms with Crippen molar-refractivity contribution in [2.75, 3.05) is 20.0 Å². The third-order valence-electron chi connectivity index (χ3n) is 3.10. The molecule has 3 aliphatic rings. The SMILES string of the molecule is COC12CC(COS(C)(=O)=O)(C1)C2. The molecule has 0 aliphatic heterocycles. The van der Waals surface area contributed by atoms with Gasteiger partial charge in [-0.05, 0) is 19.3 Å². The predicted octanol–water partition coefficient (Wildman–Crippen LogP) is 0.532. The Hall–Kier alpha value is -0.130. The fourth-order valence-corrected chi connectivity index (χ4v) is 2.96. The van der Waals surface area contributed by atoms with Crippen molar-refractivity contribution in [3.63, 3.8) is 0 Å². The minimum absolute atomic E-state index is 0.0703. The van der Waals surface area contributed by atoms with Gasteiger partial charge in [0.2, 0.25) is 0 Å². The molecule has 0 atom stereocenters. The predicted molar refractivity (Wildman–Crippen MR) is 46.8 cm³/mol. The fourth-order valence-electron chi connectivity index (χ4n) is 2.50. The Morgan fingerprint density at radius 3 is 2.23 bits per heavy atom. The summed E-state index contributed by atoms with van der Waals surface area (Å²) < 4.78 is 31.5. The second-order valence-corrected chi connectivity index (χ2v) is 6.03. The van der Waals surface area contributed by atoms with Crippen LogP contribution in [0.4, 0.5) is 0 Å². The van der Waals surface area contributed by atoms with Crippen molar-refractivity contribution in [2.45, 2.75) is 24.9 Å². The summed E-state index contributed by atoms with van der Waals surface area (Å²) in [4.78, 5) is 0. The maximum absolute atomic E-state index is 10.7. The molecule has 0 radical (unpaired) electrons. The lowest BCUT2D eigenvalue weighted by molar-refractivity contribution is -0.282. The van der Waals surface area contributed by atoms with Crippen LogP contribution in [0.5, 0.6) is 0 Å². The van der Waals surface area contributed by atoms with E-state index in [-0.39, 0.29) is 11.0 Å². The molecule has 0 unspecified atom stereocenters. The van der Waals surface area contributed by atoms with Gasteiger partial charge in [0.05, 0.1) is 18.5 Å². The summed E-state index contributed by atoms with van der Waals surface area (Å²) in [5, 5.41) is 0. The molecular weight excluding hydrogens is 192 g/mol. The van der Waals surface area contributed by atoms with Crippen LogP contribution in [0.3, 0.4) is 0 Å². The van der Waals surface area contributed by atoms with Gasteiger partial charge in [-0.15, -0.1) is 0 Å². The first kappa shape index (κ1) is 9.43. The van der Waals surface area contributed by atoms with E-state index in [2.05, 4.69) is 0 Å². The molecule has 0 spiro atoms. The first-order valence-electron chi connectivity index (χ1n) is 4.28. The fraction of sp³-hybridized carbons (Fsp3) is 1.00. The highest BCUT2D eigenvalue weighted by Crippen LogP contribution is 2.68. The highest BCUT2D eigenvalue weighted by molar-refractivity contribution is 7.85. The molecule has 3 aliphatic carbocycles. The van der Waals surface area contributed by atoms with Gasteiger partial charge >= 0.3 is 0 Å². The minimum atomic E-state index is -3.28. The van der Waals surface area contributed by atoms with Gasteiger partial charge in [0, 0.05) is 12.5 Å². The average molecular weight is 206 g/mol. The van der Waals surface area contributed by atoms with Crippen molar-refractivity contribution in [1.29, 1.82) is 0 Å². The van der Waals surface area contributed by atoms with Gasteiger partial charge in [-0.3, -0.25) is 4.18 Å². The topological polar surface area (TPSA) is 52.6 Å². The Bertz CT molecular complexity index is 299. The van der Waals surface area contributed by atoms with Crippen molar-refractivity contribution in [3.8, 4) is 0 Å². The lowest BCUT2D eigenvalue weighted by atomic mass is 9.41. The molecular formula is C8H14O4S. The molecule has 3 rings (SSSR count). The van der Waals surface area contributed by atoms with Crippen molar-refractivity contribution >= 4 is 10.1 Å². The molecule has 0 N–H and O–H groups in total. The summed E-state index contributed by atoms with van der Waals surface area (Å²) in [6, 6.07) is 0. The Morgan fingerprint density at radius 2 is 1.85 bits per heavy atom. The molecule has 0 saturated heterocycles. The molecule has 0 aromatic carbocycles. The summed E-state index contributed by atoms with van der Waals surface area (Å²) in [7, 11) is -1.57. The van der Waals surface area contributed by atoms with E-state index >= 15 is 0 Å². The van der Waals surface area contributed by atoms with E-state index in [0.717, 1.165) is 25.5 Å². The van der Waals surface area contributed by atoms with E-state index in [1.165, 1.54) is 0 Å². The van der Waals surface area contributed by atoms with E-state index in [9.17, 15) is 8.42 Å². The molecule has 76 valence electrons. The summed E-state index contributed by atoms with van der Waals surface area (Å²) >= 11 is 0. The molecule has 4 nitrogen and oxygen atoms in total. The van der Waals surface area contributed by atoms with Crippen LogP contribution >= 0.6 is 0 Å². The zero-order valence-corrected chi connectivity index (χ0v) is 8.69. The van der Waals surface area contributed by atoms with Gasteiger partial charge in [-0.25, -0.2) is 0 Å². The lowest BCUT2D eigenvalue weighted by Crippen LogP contribution is -2.69. The second-order valence-electron chi connectivity index (χ2n) is 4.38. The van der Waals surface area contributed by atoms with Crippen LogP contribution in [-0.4, -0.2) is 34.0 Å². The molecule has 3 fully saturated rings. The van der Waals surface area contributed by atoms with E-state index in [0.29, 0.717) is 6.61 Å². The third-order valence-corrected chi connectivity index (χ3v) is 3.65. The molecule has 3 saturated carbocycles. The Morgan fingerprint density at radius 1 is 1.31 bits per heavy atom. The molecule has 2 bridgehead atoms. The standard InChI is InChI=1S/C8H14O4S/c1-11-8-3-7(4-8,5-8)6-12-13(2,9)10/h3-6H2,1-2H3. The van der Waals surface area contributed by atoms with Crippen LogP contribution in [0.2, 0.25) is 0 Å². The van der Waals surface area contributed by atoms with Gasteiger partial charge in [-0.2, -0.15) is 8.42 Å². The molecule has 0 aromatic heterocycles. The first-order chi connectivity index (χ1) is 5.89. The van der Waals surface area contributed by atoms with Crippen LogP contribution in [0.1, 0.15) is 19.3 Å². The summed E-state index contributed by atoms with van der Waals surface area (Å²) in [5.74, 6) is 0. The number of ether oxygens (including phenoxy) is 1. The molecule has 13 heavy (non-hydrogen) atoms. The number of rotatable bonds is 4. The molecule has 0 amide bonds. The van der Waals surface area contributed by atoms with Crippen LogP contribution < -0.4 is 0 Å². The van der Waals surface area contributed by atoms with Gasteiger partial charge in [0.15, 0.2) is 0 Å². The van der Waals surface area contributed by atoms with Gasteiger partial charge in [-0.1, -0.05) is 0 Å². The quantitative estimate of drug-likeness (QED) is 0.630. The third kappa shape index (κ3) is 1.49. The normalized spacial score (nSPS) is 42.3.